The van der Waals surface area contributed by atoms with E-state index in [2.05, 4.69) is 21.2 Å². The van der Waals surface area contributed by atoms with Crippen LogP contribution in [0.1, 0.15) is 11.1 Å². The topological polar surface area (TPSA) is 12.0 Å². The normalized spacial score (nSPS) is 10.6. The smallest absolute Gasteiger partial charge is 0.127 e. The number of hydrogen-bond donors (Lipinski definition) is 1. The van der Waals surface area contributed by atoms with E-state index in [-0.39, 0.29) is 5.82 Å². The summed E-state index contributed by atoms with van der Waals surface area (Å²) in [5.41, 5.74) is 1.72. The van der Waals surface area contributed by atoms with Crippen LogP contribution in [0.5, 0.6) is 0 Å². The number of hydrogen-bond acceptors (Lipinski definition) is 1. The summed E-state index contributed by atoms with van der Waals surface area (Å²) in [6.07, 6.45) is 0. The van der Waals surface area contributed by atoms with Crippen molar-refractivity contribution in [3.63, 3.8) is 0 Å². The fourth-order valence-electron chi connectivity index (χ4n) is 1.65. The van der Waals surface area contributed by atoms with Gasteiger partial charge in [-0.05, 0) is 29.8 Å². The van der Waals surface area contributed by atoms with Crippen LogP contribution in [0.3, 0.4) is 0 Å². The van der Waals surface area contributed by atoms with Gasteiger partial charge in [0.1, 0.15) is 5.82 Å². The van der Waals surface area contributed by atoms with E-state index in [9.17, 15) is 4.39 Å². The molecule has 1 N–H and O–H groups in total. The highest BCUT2D eigenvalue weighted by atomic mass is 79.9. The van der Waals surface area contributed by atoms with E-state index in [0.717, 1.165) is 10.0 Å². The summed E-state index contributed by atoms with van der Waals surface area (Å²) in [6.45, 7) is 1.13. The minimum atomic E-state index is -0.237. The van der Waals surface area contributed by atoms with E-state index in [1.807, 2.05) is 24.3 Å². The van der Waals surface area contributed by atoms with Crippen LogP contribution in [0.4, 0.5) is 4.39 Å². The summed E-state index contributed by atoms with van der Waals surface area (Å²) in [5.74, 6) is -0.237. The molecule has 0 radical (unpaired) electrons. The average molecular weight is 329 g/mol. The first-order valence-electron chi connectivity index (χ1n) is 5.55. The maximum absolute atomic E-state index is 13.5. The Kier molecular flexibility index (Phi) is 4.75. The van der Waals surface area contributed by atoms with Crippen LogP contribution in [0.25, 0.3) is 0 Å². The van der Waals surface area contributed by atoms with Crippen molar-refractivity contribution in [2.75, 3.05) is 0 Å². The maximum Gasteiger partial charge on any atom is 0.127 e. The van der Waals surface area contributed by atoms with Gasteiger partial charge in [0.25, 0.3) is 0 Å². The Balaban J connectivity index is 1.96. The number of nitrogens with one attached hydrogen (secondary N) is 1. The molecular formula is C14H12BrClFN. The lowest BCUT2D eigenvalue weighted by atomic mass is 10.2. The van der Waals surface area contributed by atoms with Gasteiger partial charge < -0.3 is 5.32 Å². The molecule has 2 aromatic carbocycles. The highest BCUT2D eigenvalue weighted by Crippen LogP contribution is 2.17. The molecule has 0 amide bonds. The Morgan fingerprint density at radius 2 is 1.78 bits per heavy atom. The van der Waals surface area contributed by atoms with Gasteiger partial charge in [-0.1, -0.05) is 45.7 Å². The minimum Gasteiger partial charge on any atom is -0.308 e. The molecule has 0 fully saturated rings. The summed E-state index contributed by atoms with van der Waals surface area (Å²) in [6, 6.07) is 12.5. The molecule has 0 bridgehead atoms. The van der Waals surface area contributed by atoms with Gasteiger partial charge in [-0.3, -0.25) is 0 Å². The molecule has 0 saturated carbocycles. The highest BCUT2D eigenvalue weighted by molar-refractivity contribution is 9.10. The second-order valence-electron chi connectivity index (χ2n) is 3.93. The van der Waals surface area contributed by atoms with Gasteiger partial charge in [0, 0.05) is 28.1 Å². The van der Waals surface area contributed by atoms with E-state index in [0.29, 0.717) is 23.7 Å². The lowest BCUT2D eigenvalue weighted by Gasteiger charge is -2.08. The summed E-state index contributed by atoms with van der Waals surface area (Å²) in [7, 11) is 0. The SMILES string of the molecule is Fc1ccc(Cl)cc1CNCc1ccccc1Br. The van der Waals surface area contributed by atoms with Gasteiger partial charge in [0.15, 0.2) is 0 Å². The van der Waals surface area contributed by atoms with Crippen molar-refractivity contribution >= 4 is 27.5 Å². The molecule has 4 heteroatoms. The molecule has 0 aliphatic rings. The van der Waals surface area contributed by atoms with Crippen molar-refractivity contribution in [1.82, 2.24) is 5.32 Å². The fraction of sp³-hybridized carbons (Fsp3) is 0.143. The fourth-order valence-corrected chi connectivity index (χ4v) is 2.27. The Morgan fingerprint density at radius 3 is 2.56 bits per heavy atom. The van der Waals surface area contributed by atoms with Crippen molar-refractivity contribution < 1.29 is 4.39 Å². The van der Waals surface area contributed by atoms with Crippen molar-refractivity contribution in [3.05, 3.63) is 68.9 Å². The van der Waals surface area contributed by atoms with Crippen molar-refractivity contribution in [2.45, 2.75) is 13.1 Å². The minimum absolute atomic E-state index is 0.237. The quantitative estimate of drug-likeness (QED) is 0.869. The van der Waals surface area contributed by atoms with Crippen LogP contribution in [-0.4, -0.2) is 0 Å². The molecule has 18 heavy (non-hydrogen) atoms. The Morgan fingerprint density at radius 1 is 1.06 bits per heavy atom. The van der Waals surface area contributed by atoms with Crippen LogP contribution in [0.15, 0.2) is 46.9 Å². The number of benzene rings is 2. The van der Waals surface area contributed by atoms with Crippen LogP contribution >= 0.6 is 27.5 Å². The molecule has 0 unspecified atom stereocenters. The third-order valence-electron chi connectivity index (χ3n) is 2.60. The maximum atomic E-state index is 13.5. The summed E-state index contributed by atoms with van der Waals surface area (Å²) >= 11 is 9.31. The zero-order valence-corrected chi connectivity index (χ0v) is 11.9. The molecule has 0 aromatic heterocycles. The van der Waals surface area contributed by atoms with Crippen molar-refractivity contribution in [3.8, 4) is 0 Å². The zero-order chi connectivity index (χ0) is 13.0. The summed E-state index contributed by atoms with van der Waals surface area (Å²) in [4.78, 5) is 0. The van der Waals surface area contributed by atoms with Gasteiger partial charge in [-0.15, -0.1) is 0 Å². The molecule has 0 saturated heterocycles. The predicted molar refractivity (Wildman–Crippen MR) is 76.1 cm³/mol. The second-order valence-corrected chi connectivity index (χ2v) is 5.22. The van der Waals surface area contributed by atoms with Gasteiger partial charge >= 0.3 is 0 Å². The molecule has 0 aliphatic carbocycles. The monoisotopic (exact) mass is 327 g/mol. The van der Waals surface area contributed by atoms with Gasteiger partial charge in [-0.2, -0.15) is 0 Å². The van der Waals surface area contributed by atoms with Crippen LogP contribution in [-0.2, 0) is 13.1 Å². The molecular weight excluding hydrogens is 317 g/mol. The Bertz CT molecular complexity index is 545. The summed E-state index contributed by atoms with van der Waals surface area (Å²) < 4.78 is 14.5. The Labute approximate surface area is 119 Å². The molecule has 0 aliphatic heterocycles. The standard InChI is InChI=1S/C14H12BrClFN/c15-13-4-2-1-3-10(13)8-18-9-11-7-12(16)5-6-14(11)17/h1-7,18H,8-9H2. The van der Waals surface area contributed by atoms with Gasteiger partial charge in [-0.25, -0.2) is 4.39 Å². The van der Waals surface area contributed by atoms with E-state index >= 15 is 0 Å². The molecule has 0 heterocycles. The van der Waals surface area contributed by atoms with Crippen molar-refractivity contribution in [2.24, 2.45) is 0 Å². The van der Waals surface area contributed by atoms with Crippen molar-refractivity contribution in [1.29, 1.82) is 0 Å². The van der Waals surface area contributed by atoms with Crippen LogP contribution < -0.4 is 5.32 Å². The van der Waals surface area contributed by atoms with E-state index < -0.39 is 0 Å². The third-order valence-corrected chi connectivity index (χ3v) is 3.61. The molecule has 2 rings (SSSR count). The third kappa shape index (κ3) is 3.55. The first-order chi connectivity index (χ1) is 8.66. The lowest BCUT2D eigenvalue weighted by Crippen LogP contribution is -2.14. The molecule has 0 atom stereocenters. The zero-order valence-electron chi connectivity index (χ0n) is 9.59. The molecule has 0 spiro atoms. The first kappa shape index (κ1) is 13.5. The highest BCUT2D eigenvalue weighted by Gasteiger charge is 2.03. The average Bonchev–Trinajstić information content (AvgIpc) is 2.36. The van der Waals surface area contributed by atoms with Crippen LogP contribution in [0, 0.1) is 5.82 Å². The van der Waals surface area contributed by atoms with E-state index in [1.54, 1.807) is 12.1 Å². The van der Waals surface area contributed by atoms with Gasteiger partial charge in [0.2, 0.25) is 0 Å². The Hall–Kier alpha value is -0.900. The van der Waals surface area contributed by atoms with Crippen LogP contribution in [0.2, 0.25) is 5.02 Å². The summed E-state index contributed by atoms with van der Waals surface area (Å²) in [5, 5.41) is 3.75. The first-order valence-corrected chi connectivity index (χ1v) is 6.72. The molecule has 1 nitrogen and oxygen atoms in total. The predicted octanol–water partition coefficient (Wildman–Crippen LogP) is 4.53. The molecule has 2 aromatic rings. The largest absolute Gasteiger partial charge is 0.308 e. The van der Waals surface area contributed by atoms with E-state index in [4.69, 9.17) is 11.6 Å². The lowest BCUT2D eigenvalue weighted by molar-refractivity contribution is 0.588. The second kappa shape index (κ2) is 6.32. The van der Waals surface area contributed by atoms with Gasteiger partial charge in [0.05, 0.1) is 0 Å². The number of halogens is 3. The van der Waals surface area contributed by atoms with E-state index in [1.165, 1.54) is 6.07 Å². The molecule has 94 valence electrons. The number of rotatable bonds is 4.